The van der Waals surface area contributed by atoms with Crippen molar-refractivity contribution >= 4 is 61.9 Å². The third-order valence-corrected chi connectivity index (χ3v) is 4.94. The van der Waals surface area contributed by atoms with Crippen LogP contribution in [0.2, 0.25) is 10.2 Å². The Balaban J connectivity index is 1.81. The van der Waals surface area contributed by atoms with Gasteiger partial charge >= 0.3 is 0 Å². The maximum atomic E-state index is 6.19. The minimum atomic E-state index is 0.117. The fraction of sp³-hybridized carbons (Fsp3) is 0.0769. The van der Waals surface area contributed by atoms with E-state index in [0.29, 0.717) is 22.7 Å². The van der Waals surface area contributed by atoms with Gasteiger partial charge in [-0.1, -0.05) is 29.3 Å². The maximum Gasteiger partial charge on any atom is 0.223 e. The summed E-state index contributed by atoms with van der Waals surface area (Å²) < 4.78 is 2.81. The molecule has 9 heteroatoms. The number of fused-ring (bicyclic) bond motifs is 2. The molecule has 22 heavy (non-hydrogen) atoms. The quantitative estimate of drug-likeness (QED) is 0.560. The van der Waals surface area contributed by atoms with Crippen LogP contribution in [-0.4, -0.2) is 24.5 Å². The van der Waals surface area contributed by atoms with Crippen LogP contribution in [0, 0.1) is 0 Å². The average Bonchev–Trinajstić information content (AvgIpc) is 3.05. The summed E-state index contributed by atoms with van der Waals surface area (Å²) >= 11 is 13.8. The number of anilines is 1. The molecule has 0 unspecified atom stereocenters. The van der Waals surface area contributed by atoms with Crippen LogP contribution in [-0.2, 0) is 6.54 Å². The zero-order valence-electron chi connectivity index (χ0n) is 11.0. The van der Waals surface area contributed by atoms with Gasteiger partial charge in [-0.15, -0.1) is 11.3 Å². The maximum absolute atomic E-state index is 6.19. The van der Waals surface area contributed by atoms with Crippen LogP contribution in [0.5, 0.6) is 0 Å². The van der Waals surface area contributed by atoms with Crippen LogP contribution >= 0.6 is 34.5 Å². The number of imidazole rings is 1. The zero-order chi connectivity index (χ0) is 15.3. The molecule has 0 saturated carbocycles. The lowest BCUT2D eigenvalue weighted by Crippen LogP contribution is -2.02. The molecule has 2 N–H and O–H groups in total. The summed E-state index contributed by atoms with van der Waals surface area (Å²) in [4.78, 5) is 16.9. The number of hydrogen-bond acceptors (Lipinski definition) is 6. The first-order chi connectivity index (χ1) is 10.6. The Bertz CT molecular complexity index is 1010. The Kier molecular flexibility index (Phi) is 3.14. The van der Waals surface area contributed by atoms with E-state index in [2.05, 4.69) is 19.9 Å². The lowest BCUT2D eigenvalue weighted by Gasteiger charge is -2.01. The van der Waals surface area contributed by atoms with Crippen LogP contribution < -0.4 is 5.73 Å². The van der Waals surface area contributed by atoms with Gasteiger partial charge in [0.25, 0.3) is 0 Å². The van der Waals surface area contributed by atoms with Gasteiger partial charge in [-0.25, -0.2) is 9.97 Å². The molecule has 0 atom stereocenters. The van der Waals surface area contributed by atoms with Crippen molar-refractivity contribution in [1.82, 2.24) is 24.5 Å². The van der Waals surface area contributed by atoms with E-state index in [1.54, 1.807) is 6.33 Å². The van der Waals surface area contributed by atoms with E-state index in [4.69, 9.17) is 28.9 Å². The molecular formula is C13H8Cl2N6S. The van der Waals surface area contributed by atoms with Crippen molar-refractivity contribution in [1.29, 1.82) is 0 Å². The first-order valence-corrected chi connectivity index (χ1v) is 7.87. The van der Waals surface area contributed by atoms with Crippen LogP contribution in [0.15, 0.2) is 24.5 Å². The molecule has 0 bridgehead atoms. The summed E-state index contributed by atoms with van der Waals surface area (Å²) in [5.74, 6) is 0.117. The van der Waals surface area contributed by atoms with Crippen molar-refractivity contribution in [3.8, 4) is 0 Å². The Hall–Kier alpha value is -1.96. The number of halogens is 2. The van der Waals surface area contributed by atoms with Gasteiger partial charge in [0.1, 0.15) is 10.5 Å². The molecule has 1 aromatic carbocycles. The third kappa shape index (κ3) is 2.18. The van der Waals surface area contributed by atoms with Crippen LogP contribution in [0.25, 0.3) is 21.4 Å². The molecule has 3 heterocycles. The van der Waals surface area contributed by atoms with E-state index in [0.717, 1.165) is 15.2 Å². The molecule has 0 aliphatic carbocycles. The first kappa shape index (κ1) is 13.7. The van der Waals surface area contributed by atoms with Crippen molar-refractivity contribution < 1.29 is 0 Å². The Labute approximate surface area is 138 Å². The van der Waals surface area contributed by atoms with Gasteiger partial charge in [-0.3, -0.25) is 0 Å². The number of rotatable bonds is 2. The molecule has 0 spiro atoms. The fourth-order valence-corrected chi connectivity index (χ4v) is 3.69. The molecule has 0 radical (unpaired) electrons. The van der Waals surface area contributed by atoms with E-state index in [1.807, 2.05) is 22.8 Å². The number of nitrogens with two attached hydrogens (primary N) is 1. The number of aromatic nitrogens is 5. The smallest absolute Gasteiger partial charge is 0.223 e. The second-order valence-corrected chi connectivity index (χ2v) is 6.46. The molecule has 0 aliphatic heterocycles. The SMILES string of the molecule is Nc1nc(Cl)c2ncn(Cc3nc4cccc(Cl)c4s3)c2n1. The van der Waals surface area contributed by atoms with Crippen LogP contribution in [0.4, 0.5) is 5.95 Å². The molecule has 4 rings (SSSR count). The molecule has 0 aliphatic rings. The van der Waals surface area contributed by atoms with Crippen molar-refractivity contribution in [3.63, 3.8) is 0 Å². The summed E-state index contributed by atoms with van der Waals surface area (Å²) in [5, 5.41) is 1.84. The number of benzene rings is 1. The van der Waals surface area contributed by atoms with Gasteiger partial charge in [-0.2, -0.15) is 9.97 Å². The zero-order valence-corrected chi connectivity index (χ0v) is 13.3. The molecular weight excluding hydrogens is 343 g/mol. The summed E-state index contributed by atoms with van der Waals surface area (Å²) in [6, 6.07) is 5.67. The molecule has 4 aromatic rings. The first-order valence-electron chi connectivity index (χ1n) is 6.29. The second-order valence-electron chi connectivity index (χ2n) is 4.61. The average molecular weight is 351 g/mol. The standard InChI is InChI=1S/C13H8Cl2N6S/c14-6-2-1-3-7-10(6)22-8(18-7)4-21-5-17-9-11(15)19-13(16)20-12(9)21/h1-3,5H,4H2,(H2,16,19,20). The molecule has 3 aromatic heterocycles. The Morgan fingerprint density at radius 1 is 1.18 bits per heavy atom. The molecule has 0 saturated heterocycles. The minimum Gasteiger partial charge on any atom is -0.368 e. The largest absolute Gasteiger partial charge is 0.368 e. The summed E-state index contributed by atoms with van der Waals surface area (Å²) in [7, 11) is 0. The lowest BCUT2D eigenvalue weighted by atomic mass is 10.3. The van der Waals surface area contributed by atoms with Gasteiger partial charge in [0.2, 0.25) is 5.95 Å². The number of thiazole rings is 1. The van der Waals surface area contributed by atoms with Gasteiger partial charge < -0.3 is 10.3 Å². The molecule has 6 nitrogen and oxygen atoms in total. The predicted octanol–water partition coefficient (Wildman–Crippen LogP) is 3.37. The van der Waals surface area contributed by atoms with Gasteiger partial charge in [-0.05, 0) is 12.1 Å². The van der Waals surface area contributed by atoms with Crippen molar-refractivity contribution in [3.05, 3.63) is 39.7 Å². The lowest BCUT2D eigenvalue weighted by molar-refractivity contribution is 0.808. The van der Waals surface area contributed by atoms with E-state index in [1.165, 1.54) is 11.3 Å². The van der Waals surface area contributed by atoms with Crippen LogP contribution in [0.3, 0.4) is 0 Å². The minimum absolute atomic E-state index is 0.117. The van der Waals surface area contributed by atoms with Gasteiger partial charge in [0, 0.05) is 0 Å². The summed E-state index contributed by atoms with van der Waals surface area (Å²) in [5.41, 5.74) is 7.64. The molecule has 0 amide bonds. The predicted molar refractivity (Wildman–Crippen MR) is 88.5 cm³/mol. The van der Waals surface area contributed by atoms with E-state index >= 15 is 0 Å². The third-order valence-electron chi connectivity index (χ3n) is 3.16. The number of nitrogens with zero attached hydrogens (tertiary/aromatic N) is 5. The highest BCUT2D eigenvalue weighted by molar-refractivity contribution is 7.19. The highest BCUT2D eigenvalue weighted by Crippen LogP contribution is 2.30. The second kappa shape index (κ2) is 5.05. The normalized spacial score (nSPS) is 11.5. The fourth-order valence-electron chi connectivity index (χ4n) is 2.22. The van der Waals surface area contributed by atoms with Crippen LogP contribution in [0.1, 0.15) is 5.01 Å². The summed E-state index contributed by atoms with van der Waals surface area (Å²) in [6.07, 6.45) is 1.65. The Morgan fingerprint density at radius 3 is 2.86 bits per heavy atom. The van der Waals surface area contributed by atoms with Crippen molar-refractivity contribution in [2.75, 3.05) is 5.73 Å². The van der Waals surface area contributed by atoms with Gasteiger partial charge in [0.15, 0.2) is 10.8 Å². The topological polar surface area (TPSA) is 82.5 Å². The van der Waals surface area contributed by atoms with Crippen molar-refractivity contribution in [2.24, 2.45) is 0 Å². The number of nitrogen functional groups attached to an aromatic ring is 1. The van der Waals surface area contributed by atoms with Gasteiger partial charge in [0.05, 0.1) is 28.1 Å². The molecule has 110 valence electrons. The van der Waals surface area contributed by atoms with Crippen molar-refractivity contribution in [2.45, 2.75) is 6.54 Å². The summed E-state index contributed by atoms with van der Waals surface area (Å²) in [6.45, 7) is 0.513. The Morgan fingerprint density at radius 2 is 2.05 bits per heavy atom. The molecule has 0 fully saturated rings. The van der Waals surface area contributed by atoms with E-state index in [-0.39, 0.29) is 11.1 Å². The number of hydrogen-bond donors (Lipinski definition) is 1. The monoisotopic (exact) mass is 350 g/mol. The van der Waals surface area contributed by atoms with E-state index < -0.39 is 0 Å². The highest BCUT2D eigenvalue weighted by atomic mass is 35.5. The van der Waals surface area contributed by atoms with E-state index in [9.17, 15) is 0 Å². The highest BCUT2D eigenvalue weighted by Gasteiger charge is 2.13.